The number of thioether (sulfide) groups is 3. The highest BCUT2D eigenvalue weighted by atomic mass is 32.3. The SMILES string of the molecule is CC(=O)SC(Cc1ccccc1)(SC(C)=O)SC(C)=O. The Labute approximate surface area is 131 Å². The monoisotopic (exact) mass is 328 g/mol. The summed E-state index contributed by atoms with van der Waals surface area (Å²) in [4.78, 5) is 34.6. The van der Waals surface area contributed by atoms with E-state index in [9.17, 15) is 14.4 Å². The van der Waals surface area contributed by atoms with Gasteiger partial charge in [0, 0.05) is 27.2 Å². The summed E-state index contributed by atoms with van der Waals surface area (Å²) in [5, 5.41) is -0.324. The van der Waals surface area contributed by atoms with Crippen LogP contribution in [0, 0.1) is 0 Å². The lowest BCUT2D eigenvalue weighted by molar-refractivity contribution is -0.109. The summed E-state index contributed by atoms with van der Waals surface area (Å²) in [5.41, 5.74) is 0.990. The molecule has 1 rings (SSSR count). The van der Waals surface area contributed by atoms with E-state index in [0.29, 0.717) is 6.42 Å². The van der Waals surface area contributed by atoms with E-state index in [4.69, 9.17) is 0 Å². The first kappa shape index (κ1) is 17.3. The van der Waals surface area contributed by atoms with Crippen molar-refractivity contribution in [2.45, 2.75) is 30.6 Å². The fourth-order valence-corrected chi connectivity index (χ4v) is 6.32. The van der Waals surface area contributed by atoms with E-state index in [2.05, 4.69) is 0 Å². The predicted octanol–water partition coefficient (Wildman–Crippen LogP) is 3.72. The highest BCUT2D eigenvalue weighted by molar-refractivity contribution is 8.45. The maximum Gasteiger partial charge on any atom is 0.188 e. The maximum absolute atomic E-state index is 11.5. The summed E-state index contributed by atoms with van der Waals surface area (Å²) < 4.78 is -0.829. The zero-order chi connectivity index (χ0) is 15.2. The number of benzene rings is 1. The second kappa shape index (κ2) is 7.90. The van der Waals surface area contributed by atoms with E-state index in [1.54, 1.807) is 0 Å². The average Bonchev–Trinajstić information content (AvgIpc) is 2.26. The first-order valence-corrected chi connectivity index (χ1v) is 8.40. The minimum atomic E-state index is -0.829. The highest BCUT2D eigenvalue weighted by Crippen LogP contribution is 2.50. The van der Waals surface area contributed by atoms with Crippen LogP contribution in [0.15, 0.2) is 30.3 Å². The zero-order valence-corrected chi connectivity index (χ0v) is 14.0. The molecular weight excluding hydrogens is 312 g/mol. The number of hydrogen-bond acceptors (Lipinski definition) is 6. The van der Waals surface area contributed by atoms with Crippen LogP contribution < -0.4 is 0 Å². The molecule has 0 aliphatic rings. The van der Waals surface area contributed by atoms with E-state index in [1.165, 1.54) is 20.8 Å². The molecule has 0 amide bonds. The minimum Gasteiger partial charge on any atom is -0.287 e. The fraction of sp³-hybridized carbons (Fsp3) is 0.357. The second-order valence-corrected chi connectivity index (χ2v) is 9.33. The van der Waals surface area contributed by atoms with Gasteiger partial charge in [-0.15, -0.1) is 0 Å². The van der Waals surface area contributed by atoms with E-state index >= 15 is 0 Å². The van der Waals surface area contributed by atoms with Gasteiger partial charge in [0.15, 0.2) is 15.3 Å². The van der Waals surface area contributed by atoms with E-state index < -0.39 is 3.41 Å². The van der Waals surface area contributed by atoms with Gasteiger partial charge in [0.05, 0.1) is 0 Å². The van der Waals surface area contributed by atoms with Gasteiger partial charge in [-0.05, 0) is 5.56 Å². The van der Waals surface area contributed by atoms with E-state index in [-0.39, 0.29) is 15.3 Å². The van der Waals surface area contributed by atoms with Crippen molar-refractivity contribution in [2.75, 3.05) is 0 Å². The molecule has 0 radical (unpaired) electrons. The van der Waals surface area contributed by atoms with Crippen molar-refractivity contribution in [2.24, 2.45) is 0 Å². The van der Waals surface area contributed by atoms with Crippen molar-refractivity contribution in [3.63, 3.8) is 0 Å². The lowest BCUT2D eigenvalue weighted by Gasteiger charge is -2.28. The molecule has 0 spiro atoms. The van der Waals surface area contributed by atoms with Gasteiger partial charge in [-0.1, -0.05) is 65.6 Å². The summed E-state index contributed by atoms with van der Waals surface area (Å²) in [6, 6.07) is 9.55. The van der Waals surface area contributed by atoms with Crippen molar-refractivity contribution >= 4 is 50.6 Å². The molecule has 0 unspecified atom stereocenters. The van der Waals surface area contributed by atoms with Gasteiger partial charge in [-0.3, -0.25) is 14.4 Å². The molecule has 0 fully saturated rings. The molecule has 6 heteroatoms. The van der Waals surface area contributed by atoms with E-state index in [1.807, 2.05) is 30.3 Å². The largest absolute Gasteiger partial charge is 0.287 e. The fourth-order valence-electron chi connectivity index (χ4n) is 1.67. The number of carbonyl (C=O) groups is 3. The number of carbonyl (C=O) groups excluding carboxylic acids is 3. The van der Waals surface area contributed by atoms with Crippen LogP contribution in [-0.2, 0) is 20.8 Å². The third-order valence-electron chi connectivity index (χ3n) is 2.16. The molecule has 0 aromatic heterocycles. The van der Waals surface area contributed by atoms with Crippen molar-refractivity contribution in [3.8, 4) is 0 Å². The first-order valence-electron chi connectivity index (χ1n) is 5.95. The first-order chi connectivity index (χ1) is 9.33. The Morgan fingerprint density at radius 1 is 0.850 bits per heavy atom. The van der Waals surface area contributed by atoms with Gasteiger partial charge >= 0.3 is 0 Å². The molecule has 0 aliphatic heterocycles. The summed E-state index contributed by atoms with van der Waals surface area (Å²) in [6.45, 7) is 4.35. The Balaban J connectivity index is 3.09. The Bertz CT molecular complexity index is 459. The third-order valence-corrected chi connectivity index (χ3v) is 5.89. The summed E-state index contributed by atoms with van der Waals surface area (Å²) >= 11 is 3.13. The van der Waals surface area contributed by atoms with Gasteiger partial charge in [-0.25, -0.2) is 0 Å². The Morgan fingerprint density at radius 2 is 1.25 bits per heavy atom. The number of rotatable bonds is 5. The molecule has 1 aromatic rings. The molecule has 0 bridgehead atoms. The Hall–Kier alpha value is -0.720. The molecular formula is C14H16O3S3. The highest BCUT2D eigenvalue weighted by Gasteiger charge is 2.38. The lowest BCUT2D eigenvalue weighted by Crippen LogP contribution is -2.24. The molecule has 0 N–H and O–H groups in total. The third kappa shape index (κ3) is 6.15. The minimum absolute atomic E-state index is 0.108. The van der Waals surface area contributed by atoms with Gasteiger partial charge in [0.25, 0.3) is 0 Å². The molecule has 20 heavy (non-hydrogen) atoms. The average molecular weight is 328 g/mol. The zero-order valence-electron chi connectivity index (χ0n) is 11.5. The molecule has 0 saturated carbocycles. The van der Waals surface area contributed by atoms with Gasteiger partial charge < -0.3 is 0 Å². The second-order valence-electron chi connectivity index (χ2n) is 4.13. The summed E-state index contributed by atoms with van der Waals surface area (Å²) in [6.07, 6.45) is 0.465. The lowest BCUT2D eigenvalue weighted by atomic mass is 10.2. The van der Waals surface area contributed by atoms with Crippen molar-refractivity contribution < 1.29 is 14.4 Å². The number of hydrogen-bond donors (Lipinski definition) is 0. The van der Waals surface area contributed by atoms with Crippen LogP contribution in [-0.4, -0.2) is 18.8 Å². The Kier molecular flexibility index (Phi) is 6.85. The molecule has 0 atom stereocenters. The molecule has 108 valence electrons. The summed E-state index contributed by atoms with van der Waals surface area (Å²) in [7, 11) is 0. The van der Waals surface area contributed by atoms with Gasteiger partial charge in [0.1, 0.15) is 3.41 Å². The molecule has 3 nitrogen and oxygen atoms in total. The van der Waals surface area contributed by atoms with Crippen molar-refractivity contribution in [1.29, 1.82) is 0 Å². The quantitative estimate of drug-likeness (QED) is 0.768. The molecule has 1 aromatic carbocycles. The predicted molar refractivity (Wildman–Crippen MR) is 87.7 cm³/mol. The molecule has 0 heterocycles. The van der Waals surface area contributed by atoms with Gasteiger partial charge in [-0.2, -0.15) is 0 Å². The van der Waals surface area contributed by atoms with Crippen LogP contribution in [0.2, 0.25) is 0 Å². The topological polar surface area (TPSA) is 51.2 Å². The van der Waals surface area contributed by atoms with Crippen LogP contribution in [0.3, 0.4) is 0 Å². The van der Waals surface area contributed by atoms with Gasteiger partial charge in [0.2, 0.25) is 0 Å². The smallest absolute Gasteiger partial charge is 0.188 e. The standard InChI is InChI=1S/C14H16O3S3/c1-10(15)18-14(19-11(2)16,20-12(3)17)9-13-7-5-4-6-8-13/h4-8H,9H2,1-3H3. The van der Waals surface area contributed by atoms with Crippen LogP contribution in [0.25, 0.3) is 0 Å². The van der Waals surface area contributed by atoms with Crippen LogP contribution >= 0.6 is 35.3 Å². The normalized spacial score (nSPS) is 11.2. The van der Waals surface area contributed by atoms with Crippen LogP contribution in [0.1, 0.15) is 26.3 Å². The summed E-state index contributed by atoms with van der Waals surface area (Å²) in [5.74, 6) is 0. The maximum atomic E-state index is 11.5. The van der Waals surface area contributed by atoms with E-state index in [0.717, 1.165) is 40.8 Å². The van der Waals surface area contributed by atoms with Crippen molar-refractivity contribution in [3.05, 3.63) is 35.9 Å². The molecule has 0 saturated heterocycles. The van der Waals surface area contributed by atoms with Crippen LogP contribution in [0.5, 0.6) is 0 Å². The van der Waals surface area contributed by atoms with Crippen molar-refractivity contribution in [1.82, 2.24) is 0 Å². The Morgan fingerprint density at radius 3 is 1.60 bits per heavy atom. The van der Waals surface area contributed by atoms with Crippen LogP contribution in [0.4, 0.5) is 0 Å². The molecule has 0 aliphatic carbocycles.